The van der Waals surface area contributed by atoms with Gasteiger partial charge in [0, 0.05) is 12.5 Å². The third kappa shape index (κ3) is 7.24. The third-order valence-corrected chi connectivity index (χ3v) is 9.36. The van der Waals surface area contributed by atoms with Crippen LogP contribution in [-0.4, -0.2) is 62.4 Å². The minimum atomic E-state index is -0.672. The van der Waals surface area contributed by atoms with Gasteiger partial charge in [-0.3, -0.25) is 14.9 Å². The summed E-state index contributed by atoms with van der Waals surface area (Å²) in [6.07, 6.45) is 9.94. The molecule has 0 bridgehead atoms. The van der Waals surface area contributed by atoms with Gasteiger partial charge in [-0.1, -0.05) is 81.6 Å². The molecule has 3 amide bonds. The van der Waals surface area contributed by atoms with Crippen LogP contribution in [0.4, 0.5) is 10.7 Å². The molecule has 2 aromatic carbocycles. The SMILES string of the molecule is COC(=O)NC(C(=O)N1CCCC1c1ncc(-c2ccc(-c3ccc(-c4cnc(NC(=O)C5CCCCC5)[nH]4)cc3)cc2)[nH]1)C(C)C. The van der Waals surface area contributed by atoms with Crippen LogP contribution in [-0.2, 0) is 14.3 Å². The molecule has 2 atom stereocenters. The first kappa shape index (κ1) is 32.0. The van der Waals surface area contributed by atoms with Crippen LogP contribution in [0.15, 0.2) is 60.9 Å². The largest absolute Gasteiger partial charge is 0.453 e. The maximum absolute atomic E-state index is 13.5. The summed E-state index contributed by atoms with van der Waals surface area (Å²) in [5.41, 5.74) is 5.86. The number of ether oxygens (including phenoxy) is 1. The molecule has 2 unspecified atom stereocenters. The molecule has 4 N–H and O–H groups in total. The number of amides is 3. The fourth-order valence-electron chi connectivity index (χ4n) is 6.64. The van der Waals surface area contributed by atoms with E-state index in [0.717, 1.165) is 78.0 Å². The van der Waals surface area contributed by atoms with Crippen LogP contribution >= 0.6 is 0 Å². The number of carbonyl (C=O) groups is 3. The molecular weight excluding hydrogens is 594 g/mol. The molecule has 1 aliphatic carbocycles. The first-order valence-corrected chi connectivity index (χ1v) is 16.6. The molecule has 0 spiro atoms. The minimum absolute atomic E-state index is 0.0520. The van der Waals surface area contributed by atoms with Gasteiger partial charge in [0.25, 0.3) is 0 Å². The van der Waals surface area contributed by atoms with Gasteiger partial charge in [-0.2, -0.15) is 0 Å². The Labute approximate surface area is 274 Å². The number of rotatable bonds is 9. The number of methoxy groups -OCH3 is 1. The van der Waals surface area contributed by atoms with E-state index in [0.29, 0.717) is 12.5 Å². The zero-order valence-corrected chi connectivity index (χ0v) is 27.2. The second-order valence-corrected chi connectivity index (χ2v) is 12.9. The Bertz CT molecular complexity index is 1690. The highest BCUT2D eigenvalue weighted by Crippen LogP contribution is 2.33. The van der Waals surface area contributed by atoms with Gasteiger partial charge in [0.2, 0.25) is 17.8 Å². The average molecular weight is 638 g/mol. The van der Waals surface area contributed by atoms with E-state index in [-0.39, 0.29) is 29.7 Å². The number of anilines is 1. The highest BCUT2D eigenvalue weighted by molar-refractivity contribution is 5.91. The molecule has 0 radical (unpaired) electrons. The van der Waals surface area contributed by atoms with E-state index in [1.165, 1.54) is 13.5 Å². The lowest BCUT2D eigenvalue weighted by atomic mass is 9.89. The van der Waals surface area contributed by atoms with E-state index in [9.17, 15) is 14.4 Å². The Hall–Kier alpha value is -4.93. The second kappa shape index (κ2) is 14.2. The molecule has 11 heteroatoms. The lowest BCUT2D eigenvalue weighted by Gasteiger charge is -2.30. The predicted octanol–water partition coefficient (Wildman–Crippen LogP) is 6.70. The van der Waals surface area contributed by atoms with Crippen molar-refractivity contribution in [2.75, 3.05) is 19.0 Å². The number of nitrogens with one attached hydrogen (secondary N) is 4. The molecule has 11 nitrogen and oxygen atoms in total. The number of benzene rings is 2. The van der Waals surface area contributed by atoms with E-state index < -0.39 is 12.1 Å². The number of aromatic amines is 2. The molecule has 4 aromatic rings. The smallest absolute Gasteiger partial charge is 0.407 e. The van der Waals surface area contributed by atoms with Crippen molar-refractivity contribution in [3.05, 3.63) is 66.7 Å². The first-order valence-electron chi connectivity index (χ1n) is 16.6. The molecule has 1 aliphatic heterocycles. The van der Waals surface area contributed by atoms with Crippen molar-refractivity contribution in [2.24, 2.45) is 11.8 Å². The summed E-state index contributed by atoms with van der Waals surface area (Å²) < 4.78 is 4.74. The van der Waals surface area contributed by atoms with Gasteiger partial charge in [-0.15, -0.1) is 0 Å². The maximum atomic E-state index is 13.5. The van der Waals surface area contributed by atoms with Crippen LogP contribution in [0.3, 0.4) is 0 Å². The lowest BCUT2D eigenvalue weighted by molar-refractivity contribution is -0.135. The van der Waals surface area contributed by atoms with Crippen LogP contribution < -0.4 is 10.6 Å². The summed E-state index contributed by atoms with van der Waals surface area (Å²) in [7, 11) is 1.29. The normalized spacial score (nSPS) is 17.4. The van der Waals surface area contributed by atoms with E-state index in [1.807, 2.05) is 37.1 Å². The molecular formula is C36H43N7O4. The maximum Gasteiger partial charge on any atom is 0.407 e. The highest BCUT2D eigenvalue weighted by Gasteiger charge is 2.37. The first-order chi connectivity index (χ1) is 22.8. The number of H-pyrrole nitrogens is 2. The van der Waals surface area contributed by atoms with Gasteiger partial charge >= 0.3 is 6.09 Å². The van der Waals surface area contributed by atoms with Crippen molar-refractivity contribution >= 4 is 23.9 Å². The minimum Gasteiger partial charge on any atom is -0.453 e. The Morgan fingerprint density at radius 1 is 0.809 bits per heavy atom. The summed E-state index contributed by atoms with van der Waals surface area (Å²) >= 11 is 0. The predicted molar refractivity (Wildman–Crippen MR) is 180 cm³/mol. The van der Waals surface area contributed by atoms with Crippen molar-refractivity contribution in [1.82, 2.24) is 30.2 Å². The van der Waals surface area contributed by atoms with E-state index >= 15 is 0 Å². The van der Waals surface area contributed by atoms with E-state index in [2.05, 4.69) is 67.0 Å². The summed E-state index contributed by atoms with van der Waals surface area (Å²) in [5.74, 6) is 1.13. The Kier molecular flexibility index (Phi) is 9.70. The van der Waals surface area contributed by atoms with Crippen molar-refractivity contribution in [3.63, 3.8) is 0 Å². The molecule has 2 aliphatic rings. The van der Waals surface area contributed by atoms with Gasteiger partial charge in [0.05, 0.1) is 36.9 Å². The molecule has 2 aromatic heterocycles. The standard InChI is InChI=1S/C36H43N7O4/c1-22(2)31(41-36(46)47-3)34(45)43-19-7-10-30(43)32-37-20-28(39-32)25-15-11-23(12-16-25)24-13-17-26(18-14-24)29-21-38-35(40-29)42-33(44)27-8-5-4-6-9-27/h11-18,20-22,27,30-31H,4-10,19H2,1-3H3,(H,37,39)(H,41,46)(H2,38,40,42,44). The van der Waals surface area contributed by atoms with E-state index in [4.69, 9.17) is 4.74 Å². The number of nitrogens with zero attached hydrogens (tertiary/aromatic N) is 3. The van der Waals surface area contributed by atoms with Crippen LogP contribution in [0.1, 0.15) is 70.7 Å². The van der Waals surface area contributed by atoms with Crippen molar-refractivity contribution in [2.45, 2.75) is 70.9 Å². The number of hydrogen-bond donors (Lipinski definition) is 4. The molecule has 47 heavy (non-hydrogen) atoms. The van der Waals surface area contributed by atoms with Crippen LogP contribution in [0.25, 0.3) is 33.6 Å². The van der Waals surface area contributed by atoms with Gasteiger partial charge in [0.1, 0.15) is 11.9 Å². The molecule has 6 rings (SSSR count). The monoisotopic (exact) mass is 637 g/mol. The van der Waals surface area contributed by atoms with Gasteiger partial charge in [-0.25, -0.2) is 14.8 Å². The Morgan fingerprint density at radius 3 is 2.02 bits per heavy atom. The van der Waals surface area contributed by atoms with Crippen LogP contribution in [0, 0.1) is 11.8 Å². The topological polar surface area (TPSA) is 145 Å². The molecule has 1 saturated carbocycles. The lowest BCUT2D eigenvalue weighted by Crippen LogP contribution is -2.51. The second-order valence-electron chi connectivity index (χ2n) is 12.9. The zero-order valence-electron chi connectivity index (χ0n) is 27.2. The van der Waals surface area contributed by atoms with E-state index in [1.54, 1.807) is 6.20 Å². The highest BCUT2D eigenvalue weighted by atomic mass is 16.5. The quantitative estimate of drug-likeness (QED) is 0.161. The van der Waals surface area contributed by atoms with Crippen LogP contribution in [0.5, 0.6) is 0 Å². The third-order valence-electron chi connectivity index (χ3n) is 9.36. The summed E-state index contributed by atoms with van der Waals surface area (Å²) in [6.45, 7) is 4.42. The number of carbonyl (C=O) groups excluding carboxylic acids is 3. The fourth-order valence-corrected chi connectivity index (χ4v) is 6.64. The zero-order chi connectivity index (χ0) is 32.9. The molecule has 2 fully saturated rings. The summed E-state index contributed by atoms with van der Waals surface area (Å²) in [5, 5.41) is 5.64. The number of hydrogen-bond acceptors (Lipinski definition) is 6. The average Bonchev–Trinajstić information content (AvgIpc) is 3.89. The number of imidazole rings is 2. The van der Waals surface area contributed by atoms with Crippen molar-refractivity contribution in [1.29, 1.82) is 0 Å². The number of likely N-dealkylation sites (tertiary alicyclic amines) is 1. The molecule has 246 valence electrons. The molecule has 3 heterocycles. The van der Waals surface area contributed by atoms with Gasteiger partial charge in [-0.05, 0) is 53.9 Å². The summed E-state index contributed by atoms with van der Waals surface area (Å²) in [4.78, 5) is 55.5. The van der Waals surface area contributed by atoms with Crippen LogP contribution in [0.2, 0.25) is 0 Å². The molecule has 1 saturated heterocycles. The fraction of sp³-hybridized carbons (Fsp3) is 0.417. The van der Waals surface area contributed by atoms with Gasteiger partial charge < -0.3 is 24.9 Å². The summed E-state index contributed by atoms with van der Waals surface area (Å²) in [6, 6.07) is 15.7. The van der Waals surface area contributed by atoms with Crippen molar-refractivity contribution < 1.29 is 19.1 Å². The number of alkyl carbamates (subject to hydrolysis) is 1. The van der Waals surface area contributed by atoms with Gasteiger partial charge in [0.15, 0.2) is 0 Å². The Morgan fingerprint density at radius 2 is 1.40 bits per heavy atom. The Balaban J connectivity index is 1.09. The number of aromatic nitrogens is 4. The van der Waals surface area contributed by atoms with Crippen molar-refractivity contribution in [3.8, 4) is 33.6 Å².